The molecule has 1 unspecified atom stereocenters. The van der Waals surface area contributed by atoms with Crippen molar-refractivity contribution in [1.29, 1.82) is 0 Å². The third kappa shape index (κ3) is 3.99. The number of aliphatic hydroxyl groups excluding tert-OH is 1. The summed E-state index contributed by atoms with van der Waals surface area (Å²) in [6, 6.07) is 4.78. The van der Waals surface area contributed by atoms with Gasteiger partial charge in [0, 0.05) is 18.9 Å². The maximum Gasteiger partial charge on any atom is 0.283 e. The van der Waals surface area contributed by atoms with E-state index in [-0.39, 0.29) is 5.69 Å². The second kappa shape index (κ2) is 6.58. The number of benzene rings is 1. The summed E-state index contributed by atoms with van der Waals surface area (Å²) in [6.45, 7) is 2.12. The number of nitro benzene ring substituents is 1. The van der Waals surface area contributed by atoms with Crippen molar-refractivity contribution in [2.75, 3.05) is 19.5 Å². The van der Waals surface area contributed by atoms with Crippen molar-refractivity contribution in [2.45, 2.75) is 17.9 Å². The molecule has 0 aliphatic heterocycles. The van der Waals surface area contributed by atoms with Crippen LogP contribution >= 0.6 is 11.8 Å². The highest BCUT2D eigenvalue weighted by Crippen LogP contribution is 2.31. The van der Waals surface area contributed by atoms with E-state index in [1.54, 1.807) is 26.2 Å². The fourth-order valence-corrected chi connectivity index (χ4v) is 2.21. The summed E-state index contributed by atoms with van der Waals surface area (Å²) < 4.78 is 4.90. The predicted molar refractivity (Wildman–Crippen MR) is 66.3 cm³/mol. The zero-order chi connectivity index (χ0) is 12.8. The van der Waals surface area contributed by atoms with Gasteiger partial charge in [0.05, 0.1) is 22.5 Å². The summed E-state index contributed by atoms with van der Waals surface area (Å²) in [5.74, 6) is 0.658. The Labute approximate surface area is 104 Å². The van der Waals surface area contributed by atoms with E-state index in [0.29, 0.717) is 22.8 Å². The topological polar surface area (TPSA) is 72.6 Å². The van der Waals surface area contributed by atoms with E-state index < -0.39 is 11.0 Å². The molecule has 0 heterocycles. The Morgan fingerprint density at radius 1 is 1.59 bits per heavy atom. The van der Waals surface area contributed by atoms with E-state index in [1.807, 2.05) is 0 Å². The van der Waals surface area contributed by atoms with E-state index >= 15 is 0 Å². The molecule has 1 aromatic carbocycles. The summed E-state index contributed by atoms with van der Waals surface area (Å²) in [5, 5.41) is 20.3. The summed E-state index contributed by atoms with van der Waals surface area (Å²) in [6.07, 6.45) is -0.702. The smallest absolute Gasteiger partial charge is 0.283 e. The molecule has 0 radical (unpaired) electrons. The van der Waals surface area contributed by atoms with Crippen LogP contribution in [0.5, 0.6) is 0 Å². The number of methoxy groups -OCH3 is 1. The van der Waals surface area contributed by atoms with Crippen molar-refractivity contribution >= 4 is 17.4 Å². The van der Waals surface area contributed by atoms with Crippen LogP contribution in [0.2, 0.25) is 0 Å². The lowest BCUT2D eigenvalue weighted by Crippen LogP contribution is -1.98. The van der Waals surface area contributed by atoms with Crippen molar-refractivity contribution < 1.29 is 14.8 Å². The van der Waals surface area contributed by atoms with E-state index in [0.717, 1.165) is 0 Å². The van der Waals surface area contributed by atoms with Gasteiger partial charge >= 0.3 is 0 Å². The number of ether oxygens (including phenoxy) is 1. The first kappa shape index (κ1) is 14.0. The number of hydrogen-bond acceptors (Lipinski definition) is 5. The third-order valence-corrected chi connectivity index (χ3v) is 3.23. The van der Waals surface area contributed by atoms with Gasteiger partial charge in [-0.25, -0.2) is 0 Å². The Morgan fingerprint density at radius 3 is 2.82 bits per heavy atom. The maximum absolute atomic E-state index is 10.9. The van der Waals surface area contributed by atoms with Crippen LogP contribution in [-0.2, 0) is 4.74 Å². The van der Waals surface area contributed by atoms with Crippen LogP contribution in [0, 0.1) is 10.1 Å². The maximum atomic E-state index is 10.9. The van der Waals surface area contributed by atoms with Crippen LogP contribution in [-0.4, -0.2) is 29.5 Å². The minimum absolute atomic E-state index is 0.0319. The van der Waals surface area contributed by atoms with Crippen molar-refractivity contribution in [3.63, 3.8) is 0 Å². The van der Waals surface area contributed by atoms with Gasteiger partial charge in [0.1, 0.15) is 0 Å². The number of rotatable bonds is 6. The van der Waals surface area contributed by atoms with E-state index in [4.69, 9.17) is 4.74 Å². The molecule has 1 atom stereocenters. The highest BCUT2D eigenvalue weighted by atomic mass is 32.2. The first-order chi connectivity index (χ1) is 8.06. The molecule has 94 valence electrons. The van der Waals surface area contributed by atoms with Crippen molar-refractivity contribution in [3.8, 4) is 0 Å². The largest absolute Gasteiger partial charge is 0.389 e. The lowest BCUT2D eigenvalue weighted by molar-refractivity contribution is -0.387. The van der Waals surface area contributed by atoms with Gasteiger partial charge in [-0.15, -0.1) is 11.8 Å². The highest BCUT2D eigenvalue weighted by Gasteiger charge is 2.16. The molecule has 0 saturated heterocycles. The first-order valence-corrected chi connectivity index (χ1v) is 6.13. The minimum Gasteiger partial charge on any atom is -0.389 e. The minimum atomic E-state index is -0.702. The molecule has 0 aliphatic rings. The molecule has 0 amide bonds. The number of thioether (sulfide) groups is 1. The Balaban J connectivity index is 2.92. The molecule has 0 bridgehead atoms. The van der Waals surface area contributed by atoms with Crippen molar-refractivity contribution in [3.05, 3.63) is 33.9 Å². The average Bonchev–Trinajstić information content (AvgIpc) is 2.29. The quantitative estimate of drug-likeness (QED) is 0.366. The predicted octanol–water partition coefficient (Wildman–Crippen LogP) is 2.39. The van der Waals surface area contributed by atoms with E-state index in [1.165, 1.54) is 17.8 Å². The average molecular weight is 257 g/mol. The van der Waals surface area contributed by atoms with Crippen LogP contribution in [0.25, 0.3) is 0 Å². The van der Waals surface area contributed by atoms with Gasteiger partial charge in [-0.05, 0) is 18.6 Å². The molecule has 1 aromatic rings. The fraction of sp³-hybridized carbons (Fsp3) is 0.455. The Kier molecular flexibility index (Phi) is 5.40. The lowest BCUT2D eigenvalue weighted by atomic mass is 10.1. The third-order valence-electron chi connectivity index (χ3n) is 2.21. The second-order valence-corrected chi connectivity index (χ2v) is 4.64. The Hall–Kier alpha value is -1.11. The fourth-order valence-electron chi connectivity index (χ4n) is 1.29. The molecule has 0 aliphatic carbocycles. The molecule has 1 rings (SSSR count). The van der Waals surface area contributed by atoms with Crippen LogP contribution in [0.4, 0.5) is 5.69 Å². The van der Waals surface area contributed by atoms with Gasteiger partial charge in [-0.1, -0.05) is 6.07 Å². The SMILES string of the molecule is COCCSc1ccc(C(C)O)cc1[N+](=O)[O-]. The molecule has 5 nitrogen and oxygen atoms in total. The Morgan fingerprint density at radius 2 is 2.29 bits per heavy atom. The van der Waals surface area contributed by atoms with E-state index in [2.05, 4.69) is 0 Å². The molecule has 0 spiro atoms. The van der Waals surface area contributed by atoms with Gasteiger partial charge in [-0.3, -0.25) is 10.1 Å². The van der Waals surface area contributed by atoms with Gasteiger partial charge in [0.15, 0.2) is 0 Å². The zero-order valence-electron chi connectivity index (χ0n) is 9.75. The van der Waals surface area contributed by atoms with Crippen LogP contribution < -0.4 is 0 Å². The van der Waals surface area contributed by atoms with Gasteiger partial charge in [0.2, 0.25) is 0 Å². The van der Waals surface area contributed by atoms with Gasteiger partial charge in [-0.2, -0.15) is 0 Å². The molecule has 0 fully saturated rings. The van der Waals surface area contributed by atoms with Gasteiger partial charge < -0.3 is 9.84 Å². The van der Waals surface area contributed by atoms with Crippen LogP contribution in [0.15, 0.2) is 23.1 Å². The summed E-state index contributed by atoms with van der Waals surface area (Å²) in [4.78, 5) is 11.1. The number of hydrogen-bond donors (Lipinski definition) is 1. The van der Waals surface area contributed by atoms with Crippen molar-refractivity contribution in [2.24, 2.45) is 0 Å². The van der Waals surface area contributed by atoms with E-state index in [9.17, 15) is 15.2 Å². The zero-order valence-corrected chi connectivity index (χ0v) is 10.6. The summed E-state index contributed by atoms with van der Waals surface area (Å²) >= 11 is 1.37. The summed E-state index contributed by atoms with van der Waals surface area (Å²) in [7, 11) is 1.59. The molecular weight excluding hydrogens is 242 g/mol. The molecule has 17 heavy (non-hydrogen) atoms. The molecule has 0 saturated carbocycles. The molecule has 1 N–H and O–H groups in total. The number of nitro groups is 1. The number of aliphatic hydroxyl groups is 1. The summed E-state index contributed by atoms with van der Waals surface area (Å²) in [5.41, 5.74) is 0.581. The lowest BCUT2D eigenvalue weighted by Gasteiger charge is -2.07. The highest BCUT2D eigenvalue weighted by molar-refractivity contribution is 7.99. The monoisotopic (exact) mass is 257 g/mol. The second-order valence-electron chi connectivity index (χ2n) is 3.50. The standard InChI is InChI=1S/C11H15NO4S/c1-8(13)9-3-4-11(17-6-5-16-2)10(7-9)12(14)15/h3-4,7-8,13H,5-6H2,1-2H3. The Bertz CT molecular complexity index is 395. The van der Waals surface area contributed by atoms with Crippen molar-refractivity contribution in [1.82, 2.24) is 0 Å². The first-order valence-electron chi connectivity index (χ1n) is 5.14. The molecular formula is C11H15NO4S. The molecule has 0 aromatic heterocycles. The van der Waals surface area contributed by atoms with Gasteiger partial charge in [0.25, 0.3) is 5.69 Å². The van der Waals surface area contributed by atoms with Crippen LogP contribution in [0.3, 0.4) is 0 Å². The normalized spacial score (nSPS) is 12.4. The van der Waals surface area contributed by atoms with Crippen LogP contribution in [0.1, 0.15) is 18.6 Å². The molecule has 6 heteroatoms. The number of nitrogens with zero attached hydrogens (tertiary/aromatic N) is 1.